The number of hydrogen-bond acceptors (Lipinski definition) is 12. The minimum Gasteiger partial charge on any atom is -0.504 e. The molecule has 0 unspecified atom stereocenters. The van der Waals surface area contributed by atoms with Crippen LogP contribution in [0.5, 0.6) is 40.2 Å². The summed E-state index contributed by atoms with van der Waals surface area (Å²) in [6.45, 7) is 2.50. The van der Waals surface area contributed by atoms with Crippen molar-refractivity contribution < 1.29 is 59.5 Å². The second kappa shape index (κ2) is 10.7. The number of fused-ring (bicyclic) bond motifs is 1. The van der Waals surface area contributed by atoms with Gasteiger partial charge < -0.3 is 60.0 Å². The number of carbonyl (C=O) groups excluding carboxylic acids is 1. The van der Waals surface area contributed by atoms with Crippen LogP contribution in [0.25, 0.3) is 6.08 Å². The van der Waals surface area contributed by atoms with Crippen molar-refractivity contribution in [2.75, 3.05) is 18.7 Å². The first-order valence-electron chi connectivity index (χ1n) is 11.4. The fraction of sp³-hybridized carbons (Fsp3) is 0.320. The van der Waals surface area contributed by atoms with Gasteiger partial charge in [-0.25, -0.2) is 0 Å². The molecular weight excluding hydrogens is 506 g/mol. The first-order valence-corrected chi connectivity index (χ1v) is 11.4. The normalized spacial score (nSPS) is 23.0. The van der Waals surface area contributed by atoms with Gasteiger partial charge in [-0.15, -0.1) is 0 Å². The first kappa shape index (κ1) is 26.9. The van der Waals surface area contributed by atoms with Gasteiger partial charge in [0, 0.05) is 5.57 Å². The Kier molecular flexibility index (Phi) is 7.55. The lowest BCUT2D eigenvalue weighted by Crippen LogP contribution is -2.35. The van der Waals surface area contributed by atoms with Gasteiger partial charge in [0.05, 0.1) is 6.61 Å². The number of amides is 1. The zero-order valence-corrected chi connectivity index (χ0v) is 20.3. The van der Waals surface area contributed by atoms with E-state index in [0.29, 0.717) is 11.1 Å². The summed E-state index contributed by atoms with van der Waals surface area (Å²) < 4.78 is 21.1. The number of phenolic OH excluding ortho intramolecular Hbond substituents is 4. The lowest BCUT2D eigenvalue weighted by molar-refractivity contribution is -0.112. The summed E-state index contributed by atoms with van der Waals surface area (Å²) >= 11 is 0. The van der Waals surface area contributed by atoms with Crippen LogP contribution >= 0.6 is 0 Å². The minimum atomic E-state index is -1.42. The Morgan fingerprint density at radius 1 is 1.05 bits per heavy atom. The van der Waals surface area contributed by atoms with Gasteiger partial charge in [0.1, 0.15) is 24.0 Å². The van der Waals surface area contributed by atoms with E-state index in [1.807, 2.05) is 0 Å². The van der Waals surface area contributed by atoms with Crippen LogP contribution in [0.4, 0.5) is 5.69 Å². The van der Waals surface area contributed by atoms with Crippen LogP contribution in [0.1, 0.15) is 19.4 Å². The maximum atomic E-state index is 12.7. The highest BCUT2D eigenvalue weighted by atomic mass is 16.7. The summed E-state index contributed by atoms with van der Waals surface area (Å²) in [7, 11) is 0. The molecule has 1 fully saturated rings. The van der Waals surface area contributed by atoms with E-state index in [-0.39, 0.29) is 42.0 Å². The van der Waals surface area contributed by atoms with Crippen molar-refractivity contribution >= 4 is 17.7 Å². The predicted octanol–water partition coefficient (Wildman–Crippen LogP) is 1.04. The molecule has 2 aromatic rings. The van der Waals surface area contributed by atoms with Crippen molar-refractivity contribution in [1.29, 1.82) is 0 Å². The Hall–Kier alpha value is -4.17. The number of hydrogen-bond donors (Lipinski definition) is 8. The number of anilines is 1. The topological polar surface area (TPSA) is 208 Å². The number of nitrogens with one attached hydrogen (secondary N) is 1. The molecule has 0 aromatic heterocycles. The molecule has 204 valence electrons. The van der Waals surface area contributed by atoms with Gasteiger partial charge >= 0.3 is 0 Å². The summed E-state index contributed by atoms with van der Waals surface area (Å²) in [5.41, 5.74) is 0.495. The van der Waals surface area contributed by atoms with Crippen molar-refractivity contribution in [2.45, 2.75) is 38.4 Å². The smallest absolute Gasteiger partial charge is 0.251 e. The molecule has 2 aromatic carbocycles. The number of benzene rings is 2. The number of rotatable bonds is 7. The van der Waals surface area contributed by atoms with E-state index in [2.05, 4.69) is 5.32 Å². The van der Waals surface area contributed by atoms with Crippen LogP contribution in [0.2, 0.25) is 0 Å². The van der Waals surface area contributed by atoms with E-state index in [0.717, 1.165) is 0 Å². The van der Waals surface area contributed by atoms with Crippen LogP contribution in [-0.2, 0) is 9.53 Å². The summed E-state index contributed by atoms with van der Waals surface area (Å²) in [5, 5.41) is 72.8. The zero-order valence-electron chi connectivity index (χ0n) is 20.3. The maximum absolute atomic E-state index is 12.7. The number of ether oxygens (including phenoxy) is 4. The van der Waals surface area contributed by atoms with E-state index in [4.69, 9.17) is 24.1 Å². The van der Waals surface area contributed by atoms with Crippen LogP contribution in [0.15, 0.2) is 35.4 Å². The van der Waals surface area contributed by atoms with E-state index >= 15 is 0 Å². The summed E-state index contributed by atoms with van der Waals surface area (Å²) in [5.74, 6) is -3.77. The van der Waals surface area contributed by atoms with Gasteiger partial charge in [-0.2, -0.15) is 0 Å². The number of phenols is 4. The number of aromatic hydroxyl groups is 4. The molecule has 13 heteroatoms. The number of aliphatic hydroxyl groups excluding tert-OH is 3. The highest BCUT2D eigenvalue weighted by molar-refractivity contribution is 6.08. The molecule has 2 aliphatic heterocycles. The van der Waals surface area contributed by atoms with Gasteiger partial charge in [0.2, 0.25) is 30.3 Å². The quantitative estimate of drug-likeness (QED) is 0.109. The second-order valence-electron chi connectivity index (χ2n) is 8.65. The molecule has 4 atom stereocenters. The molecule has 1 amide bonds. The van der Waals surface area contributed by atoms with Crippen molar-refractivity contribution in [3.8, 4) is 40.2 Å². The highest BCUT2D eigenvalue weighted by Crippen LogP contribution is 2.56. The SMILES string of the molecule is CC(=Cc1ccc(O[C@@H]2O[C@H](C(C)=CCO)[C@@H](O)[C@@H]2O)c(O)c1)C(=O)Nc1c(O)c(O)c2c(c1O)OCO2. The molecule has 0 spiro atoms. The van der Waals surface area contributed by atoms with Crippen molar-refractivity contribution in [3.63, 3.8) is 0 Å². The van der Waals surface area contributed by atoms with Gasteiger partial charge in [-0.05, 0) is 43.2 Å². The Labute approximate surface area is 216 Å². The summed E-state index contributed by atoms with van der Waals surface area (Å²) in [6.07, 6.45) is -2.11. The lowest BCUT2D eigenvalue weighted by Gasteiger charge is -2.18. The molecule has 0 radical (unpaired) electrons. The predicted molar refractivity (Wildman–Crippen MR) is 130 cm³/mol. The highest BCUT2D eigenvalue weighted by Gasteiger charge is 2.45. The summed E-state index contributed by atoms with van der Waals surface area (Å²) in [6, 6.07) is 4.14. The maximum Gasteiger partial charge on any atom is 0.251 e. The number of aliphatic hydroxyl groups is 3. The zero-order chi connectivity index (χ0) is 27.7. The van der Waals surface area contributed by atoms with Gasteiger partial charge in [-0.1, -0.05) is 12.1 Å². The van der Waals surface area contributed by atoms with Crippen molar-refractivity contribution in [1.82, 2.24) is 0 Å². The molecule has 0 saturated carbocycles. The summed E-state index contributed by atoms with van der Waals surface area (Å²) in [4.78, 5) is 12.7. The Balaban J connectivity index is 1.47. The van der Waals surface area contributed by atoms with Crippen LogP contribution in [0.3, 0.4) is 0 Å². The average Bonchev–Trinajstić information content (AvgIpc) is 3.48. The third kappa shape index (κ3) is 4.99. The minimum absolute atomic E-state index is 0.0596. The standard InChI is InChI=1S/C25H27NO12/c1-10(5-6-27)21-19(32)20(33)25(38-21)37-14-4-3-12(8-13(14)28)7-11(2)24(34)26-15-16(29)18(31)23-22(17(15)30)35-9-36-23/h3-5,7-8,19-21,25,27-33H,6,9H2,1-2H3,(H,26,34)/t19-,20-,21+,25+/m0/s1. The molecule has 38 heavy (non-hydrogen) atoms. The van der Waals surface area contributed by atoms with E-state index < -0.39 is 53.4 Å². The molecule has 0 bridgehead atoms. The van der Waals surface area contributed by atoms with Crippen LogP contribution in [-0.4, -0.2) is 79.7 Å². The van der Waals surface area contributed by atoms with Crippen molar-refractivity contribution in [3.05, 3.63) is 41.0 Å². The first-order chi connectivity index (χ1) is 18.0. The Bertz CT molecular complexity index is 1300. The molecule has 13 nitrogen and oxygen atoms in total. The van der Waals surface area contributed by atoms with E-state index in [1.165, 1.54) is 37.3 Å². The number of carbonyl (C=O) groups is 1. The second-order valence-corrected chi connectivity index (χ2v) is 8.65. The van der Waals surface area contributed by atoms with Gasteiger partial charge in [-0.3, -0.25) is 4.79 Å². The average molecular weight is 533 g/mol. The van der Waals surface area contributed by atoms with Crippen LogP contribution < -0.4 is 19.5 Å². The third-order valence-corrected chi connectivity index (χ3v) is 6.03. The van der Waals surface area contributed by atoms with Crippen LogP contribution in [0, 0.1) is 0 Å². The molecule has 8 N–H and O–H groups in total. The van der Waals surface area contributed by atoms with E-state index in [1.54, 1.807) is 6.92 Å². The van der Waals surface area contributed by atoms with Gasteiger partial charge in [0.15, 0.2) is 23.0 Å². The Morgan fingerprint density at radius 3 is 2.39 bits per heavy atom. The van der Waals surface area contributed by atoms with Crippen molar-refractivity contribution in [2.24, 2.45) is 0 Å². The molecule has 2 aliphatic rings. The fourth-order valence-corrected chi connectivity index (χ4v) is 3.96. The largest absolute Gasteiger partial charge is 0.504 e. The molecule has 2 heterocycles. The molecular formula is C25H27NO12. The fourth-order valence-electron chi connectivity index (χ4n) is 3.96. The Morgan fingerprint density at radius 2 is 1.74 bits per heavy atom. The lowest BCUT2D eigenvalue weighted by atomic mass is 10.0. The molecule has 4 rings (SSSR count). The molecule has 1 saturated heterocycles. The molecule has 0 aliphatic carbocycles. The monoisotopic (exact) mass is 533 g/mol. The van der Waals surface area contributed by atoms with E-state index in [9.17, 15) is 35.4 Å². The third-order valence-electron chi connectivity index (χ3n) is 6.03. The van der Waals surface area contributed by atoms with Gasteiger partial charge in [0.25, 0.3) is 5.91 Å².